The maximum Gasteiger partial charge on any atom is 0.416 e. The average molecular weight is 357 g/mol. The molecular formula is C17H16ClF3N2O. The monoisotopic (exact) mass is 356 g/mol. The molecule has 0 saturated heterocycles. The lowest BCUT2D eigenvalue weighted by Gasteiger charge is -2.15. The van der Waals surface area contributed by atoms with Crippen molar-refractivity contribution in [3.05, 3.63) is 64.7 Å². The van der Waals surface area contributed by atoms with Crippen LogP contribution in [0.5, 0.6) is 0 Å². The number of rotatable bonds is 5. The zero-order valence-corrected chi connectivity index (χ0v) is 13.6. The van der Waals surface area contributed by atoms with E-state index in [1.165, 1.54) is 12.1 Å². The van der Waals surface area contributed by atoms with Crippen molar-refractivity contribution in [3.8, 4) is 0 Å². The summed E-state index contributed by atoms with van der Waals surface area (Å²) in [5.74, 6) is -0.266. The van der Waals surface area contributed by atoms with Crippen LogP contribution in [0.25, 0.3) is 0 Å². The molecule has 0 aliphatic heterocycles. The van der Waals surface area contributed by atoms with Gasteiger partial charge < -0.3 is 10.6 Å². The van der Waals surface area contributed by atoms with Crippen LogP contribution >= 0.6 is 11.6 Å². The molecular weight excluding hydrogens is 341 g/mol. The van der Waals surface area contributed by atoms with Gasteiger partial charge in [-0.1, -0.05) is 23.7 Å². The highest BCUT2D eigenvalue weighted by Crippen LogP contribution is 2.29. The van der Waals surface area contributed by atoms with Gasteiger partial charge in [0.25, 0.3) is 0 Å². The van der Waals surface area contributed by atoms with Gasteiger partial charge in [-0.2, -0.15) is 13.2 Å². The van der Waals surface area contributed by atoms with Crippen LogP contribution in [-0.2, 0) is 11.0 Å². The first-order valence-corrected chi connectivity index (χ1v) is 7.59. The fourth-order valence-electron chi connectivity index (χ4n) is 2.09. The Morgan fingerprint density at radius 3 is 2.21 bits per heavy atom. The first-order chi connectivity index (χ1) is 11.3. The van der Waals surface area contributed by atoms with Crippen molar-refractivity contribution in [3.63, 3.8) is 0 Å². The van der Waals surface area contributed by atoms with Crippen molar-refractivity contribution in [2.75, 3.05) is 11.9 Å². The smallest absolute Gasteiger partial charge is 0.376 e. The third-order valence-corrected chi connectivity index (χ3v) is 3.66. The summed E-state index contributed by atoms with van der Waals surface area (Å²) in [5.41, 5.74) is 0.619. The molecule has 128 valence electrons. The molecule has 2 rings (SSSR count). The standard InChI is InChI=1S/C17H16ClF3N2O/c1-11(12-2-6-14(18)7-3-12)23-16(24)10-22-15-8-4-13(5-9-15)17(19,20)21/h2-9,11,22H,10H2,1H3,(H,23,24)/t11-/m0/s1. The predicted octanol–water partition coefficient (Wildman–Crippen LogP) is 4.65. The van der Waals surface area contributed by atoms with Gasteiger partial charge in [0.05, 0.1) is 18.2 Å². The van der Waals surface area contributed by atoms with E-state index in [0.29, 0.717) is 10.7 Å². The fourth-order valence-corrected chi connectivity index (χ4v) is 2.21. The minimum Gasteiger partial charge on any atom is -0.376 e. The SMILES string of the molecule is C[C@H](NC(=O)CNc1ccc(C(F)(F)F)cc1)c1ccc(Cl)cc1. The third-order valence-electron chi connectivity index (χ3n) is 3.41. The largest absolute Gasteiger partial charge is 0.416 e. The predicted molar refractivity (Wildman–Crippen MR) is 87.9 cm³/mol. The van der Waals surface area contributed by atoms with Crippen molar-refractivity contribution in [1.82, 2.24) is 5.32 Å². The molecule has 2 aromatic carbocycles. The maximum atomic E-state index is 12.5. The lowest BCUT2D eigenvalue weighted by Crippen LogP contribution is -2.32. The number of alkyl halides is 3. The second-order valence-corrected chi connectivity index (χ2v) is 5.71. The summed E-state index contributed by atoms with van der Waals surface area (Å²) in [6, 6.07) is 11.4. The highest BCUT2D eigenvalue weighted by molar-refractivity contribution is 6.30. The van der Waals surface area contributed by atoms with Crippen molar-refractivity contribution in [2.45, 2.75) is 19.1 Å². The Balaban J connectivity index is 1.85. The van der Waals surface area contributed by atoms with E-state index in [9.17, 15) is 18.0 Å². The van der Waals surface area contributed by atoms with Crippen molar-refractivity contribution in [2.24, 2.45) is 0 Å². The van der Waals surface area contributed by atoms with E-state index < -0.39 is 11.7 Å². The normalized spacial score (nSPS) is 12.5. The van der Waals surface area contributed by atoms with E-state index in [-0.39, 0.29) is 18.5 Å². The molecule has 2 aromatic rings. The lowest BCUT2D eigenvalue weighted by atomic mass is 10.1. The molecule has 0 heterocycles. The van der Waals surface area contributed by atoms with Crippen LogP contribution in [0.15, 0.2) is 48.5 Å². The minimum atomic E-state index is -4.37. The summed E-state index contributed by atoms with van der Waals surface area (Å²) >= 11 is 5.81. The molecule has 0 saturated carbocycles. The Morgan fingerprint density at radius 2 is 1.67 bits per heavy atom. The zero-order valence-electron chi connectivity index (χ0n) is 12.8. The fraction of sp³-hybridized carbons (Fsp3) is 0.235. The van der Waals surface area contributed by atoms with E-state index in [2.05, 4.69) is 10.6 Å². The number of carbonyl (C=O) groups is 1. The Hall–Kier alpha value is -2.21. The zero-order chi connectivity index (χ0) is 17.7. The van der Waals surface area contributed by atoms with Crippen LogP contribution in [0.1, 0.15) is 24.1 Å². The Kier molecular flexibility index (Phi) is 5.72. The second kappa shape index (κ2) is 7.57. The van der Waals surface area contributed by atoms with Crippen LogP contribution in [-0.4, -0.2) is 12.5 Å². The van der Waals surface area contributed by atoms with Gasteiger partial charge in [-0.05, 0) is 48.9 Å². The van der Waals surface area contributed by atoms with Gasteiger partial charge >= 0.3 is 6.18 Å². The molecule has 1 atom stereocenters. The highest BCUT2D eigenvalue weighted by atomic mass is 35.5. The minimum absolute atomic E-state index is 0.0384. The first-order valence-electron chi connectivity index (χ1n) is 7.21. The number of nitrogens with one attached hydrogen (secondary N) is 2. The van der Waals surface area contributed by atoms with E-state index >= 15 is 0 Å². The van der Waals surface area contributed by atoms with E-state index in [0.717, 1.165) is 17.7 Å². The quantitative estimate of drug-likeness (QED) is 0.818. The van der Waals surface area contributed by atoms with E-state index in [1.54, 1.807) is 12.1 Å². The number of carbonyl (C=O) groups excluding carboxylic acids is 1. The Bertz CT molecular complexity index is 684. The summed E-state index contributed by atoms with van der Waals surface area (Å²) in [5, 5.41) is 6.20. The molecule has 1 amide bonds. The topological polar surface area (TPSA) is 41.1 Å². The molecule has 0 radical (unpaired) electrons. The van der Waals surface area contributed by atoms with E-state index in [1.807, 2.05) is 19.1 Å². The number of hydrogen-bond acceptors (Lipinski definition) is 2. The molecule has 3 nitrogen and oxygen atoms in total. The highest BCUT2D eigenvalue weighted by Gasteiger charge is 2.29. The van der Waals surface area contributed by atoms with Gasteiger partial charge in [-0.25, -0.2) is 0 Å². The van der Waals surface area contributed by atoms with Crippen molar-refractivity contribution in [1.29, 1.82) is 0 Å². The van der Waals surface area contributed by atoms with Gasteiger partial charge in [0.2, 0.25) is 5.91 Å². The Morgan fingerprint density at radius 1 is 1.08 bits per heavy atom. The van der Waals surface area contributed by atoms with Crippen LogP contribution in [0.2, 0.25) is 5.02 Å². The van der Waals surface area contributed by atoms with Gasteiger partial charge in [0.1, 0.15) is 0 Å². The summed E-state index contributed by atoms with van der Waals surface area (Å²) in [6.45, 7) is 1.79. The number of hydrogen-bond donors (Lipinski definition) is 2. The average Bonchev–Trinajstić information content (AvgIpc) is 2.53. The first kappa shape index (κ1) is 18.1. The summed E-state index contributed by atoms with van der Waals surface area (Å²) in [6.07, 6.45) is -4.37. The van der Waals surface area contributed by atoms with E-state index in [4.69, 9.17) is 11.6 Å². The summed E-state index contributed by atoms with van der Waals surface area (Å²) in [4.78, 5) is 11.9. The van der Waals surface area contributed by atoms with Gasteiger partial charge in [0, 0.05) is 10.7 Å². The van der Waals surface area contributed by atoms with Crippen LogP contribution in [0, 0.1) is 0 Å². The van der Waals surface area contributed by atoms with Crippen LogP contribution in [0.3, 0.4) is 0 Å². The number of halogens is 4. The van der Waals surface area contributed by atoms with Gasteiger partial charge in [-0.3, -0.25) is 4.79 Å². The van der Waals surface area contributed by atoms with Crippen molar-refractivity contribution >= 4 is 23.2 Å². The number of anilines is 1. The molecule has 0 aliphatic rings. The molecule has 0 aromatic heterocycles. The molecule has 0 bridgehead atoms. The number of benzene rings is 2. The van der Waals surface area contributed by atoms with Crippen LogP contribution in [0.4, 0.5) is 18.9 Å². The lowest BCUT2D eigenvalue weighted by molar-refractivity contribution is -0.137. The molecule has 24 heavy (non-hydrogen) atoms. The number of amides is 1. The van der Waals surface area contributed by atoms with Gasteiger partial charge in [-0.15, -0.1) is 0 Å². The maximum absolute atomic E-state index is 12.5. The third kappa shape index (κ3) is 5.16. The second-order valence-electron chi connectivity index (χ2n) is 5.27. The summed E-state index contributed by atoms with van der Waals surface area (Å²) < 4.78 is 37.4. The summed E-state index contributed by atoms with van der Waals surface area (Å²) in [7, 11) is 0. The molecule has 0 fully saturated rings. The molecule has 0 unspecified atom stereocenters. The van der Waals surface area contributed by atoms with Crippen molar-refractivity contribution < 1.29 is 18.0 Å². The Labute approximate surface area is 142 Å². The van der Waals surface area contributed by atoms with Gasteiger partial charge in [0.15, 0.2) is 0 Å². The molecule has 2 N–H and O–H groups in total. The molecule has 0 spiro atoms. The molecule has 0 aliphatic carbocycles. The molecule has 7 heteroatoms. The van der Waals surface area contributed by atoms with Crippen LogP contribution < -0.4 is 10.6 Å².